The van der Waals surface area contributed by atoms with Crippen molar-refractivity contribution < 1.29 is 9.90 Å². The number of pyridine rings is 1. The van der Waals surface area contributed by atoms with Gasteiger partial charge in [0.15, 0.2) is 5.88 Å². The van der Waals surface area contributed by atoms with Crippen LogP contribution in [-0.2, 0) is 0 Å². The number of aromatic nitrogens is 1. The molecule has 0 atom stereocenters. The van der Waals surface area contributed by atoms with E-state index in [1.165, 1.54) is 0 Å². The zero-order valence-corrected chi connectivity index (χ0v) is 9.68. The average molecular weight is 255 g/mol. The molecule has 3 N–H and O–H groups in total. The first kappa shape index (κ1) is 12.4. The number of hydrogen-bond donors (Lipinski definition) is 3. The van der Waals surface area contributed by atoms with E-state index < -0.39 is 11.5 Å². The van der Waals surface area contributed by atoms with Crippen molar-refractivity contribution in [1.82, 2.24) is 4.98 Å². The third-order valence-electron chi connectivity index (χ3n) is 2.36. The van der Waals surface area contributed by atoms with Crippen LogP contribution >= 0.6 is 0 Å². The van der Waals surface area contributed by atoms with E-state index in [-0.39, 0.29) is 11.4 Å². The van der Waals surface area contributed by atoms with Gasteiger partial charge in [0.25, 0.3) is 11.5 Å². The first-order chi connectivity index (χ1) is 9.08. The normalized spacial score (nSPS) is 9.63. The molecule has 0 unspecified atom stereocenters. The van der Waals surface area contributed by atoms with Crippen molar-refractivity contribution in [3.63, 3.8) is 0 Å². The summed E-state index contributed by atoms with van der Waals surface area (Å²) in [5.74, 6) is -0.899. The number of rotatable bonds is 2. The summed E-state index contributed by atoms with van der Waals surface area (Å²) in [6, 6.07) is 10.5. The number of benzene rings is 1. The van der Waals surface area contributed by atoms with Crippen LogP contribution in [0, 0.1) is 11.3 Å². The Morgan fingerprint density at radius 2 is 1.95 bits per heavy atom. The highest BCUT2D eigenvalue weighted by molar-refractivity contribution is 6.04. The minimum Gasteiger partial charge on any atom is -0.494 e. The van der Waals surface area contributed by atoms with Gasteiger partial charge in [0.1, 0.15) is 0 Å². The quantitative estimate of drug-likeness (QED) is 0.749. The average Bonchev–Trinajstić information content (AvgIpc) is 2.38. The van der Waals surface area contributed by atoms with E-state index in [1.807, 2.05) is 6.07 Å². The van der Waals surface area contributed by atoms with Gasteiger partial charge in [-0.05, 0) is 24.3 Å². The Labute approximate surface area is 107 Å². The summed E-state index contributed by atoms with van der Waals surface area (Å²) in [7, 11) is 0. The summed E-state index contributed by atoms with van der Waals surface area (Å²) in [6.45, 7) is 0. The smallest absolute Gasteiger partial charge is 0.256 e. The molecule has 6 nitrogen and oxygen atoms in total. The minimum atomic E-state index is -0.565. The first-order valence-corrected chi connectivity index (χ1v) is 5.33. The number of H-pyrrole nitrogens is 1. The Morgan fingerprint density at radius 3 is 2.53 bits per heavy atom. The maximum absolute atomic E-state index is 11.8. The van der Waals surface area contributed by atoms with Gasteiger partial charge in [-0.2, -0.15) is 5.26 Å². The molecule has 6 heteroatoms. The van der Waals surface area contributed by atoms with E-state index in [4.69, 9.17) is 5.26 Å². The highest BCUT2D eigenvalue weighted by Gasteiger charge is 2.08. The van der Waals surface area contributed by atoms with Gasteiger partial charge >= 0.3 is 0 Å². The van der Waals surface area contributed by atoms with Crippen molar-refractivity contribution >= 4 is 11.6 Å². The van der Waals surface area contributed by atoms with Gasteiger partial charge in [0.05, 0.1) is 17.2 Å². The van der Waals surface area contributed by atoms with Crippen molar-refractivity contribution in [2.75, 3.05) is 5.32 Å². The predicted molar refractivity (Wildman–Crippen MR) is 67.8 cm³/mol. The molecule has 19 heavy (non-hydrogen) atoms. The maximum atomic E-state index is 11.8. The zero-order valence-electron chi connectivity index (χ0n) is 9.68. The number of anilines is 1. The molecule has 2 aromatic rings. The van der Waals surface area contributed by atoms with Crippen LogP contribution in [0.15, 0.2) is 41.2 Å². The van der Waals surface area contributed by atoms with Gasteiger partial charge in [-0.15, -0.1) is 0 Å². The summed E-state index contributed by atoms with van der Waals surface area (Å²) in [4.78, 5) is 25.1. The second kappa shape index (κ2) is 5.06. The molecule has 0 saturated carbocycles. The lowest BCUT2D eigenvalue weighted by Gasteiger charge is -2.05. The lowest BCUT2D eigenvalue weighted by atomic mass is 10.2. The number of amides is 1. The van der Waals surface area contributed by atoms with Gasteiger partial charge in [-0.25, -0.2) is 0 Å². The fourth-order valence-electron chi connectivity index (χ4n) is 1.49. The summed E-state index contributed by atoms with van der Waals surface area (Å²) in [5, 5.41) is 20.4. The third-order valence-corrected chi connectivity index (χ3v) is 2.36. The monoisotopic (exact) mass is 255 g/mol. The molecule has 0 aliphatic rings. The second-order valence-electron chi connectivity index (χ2n) is 3.76. The summed E-state index contributed by atoms with van der Waals surface area (Å²) in [5.41, 5.74) is 0.450. The number of nitrogens with zero attached hydrogens (tertiary/aromatic N) is 1. The third kappa shape index (κ3) is 2.98. The number of hydrogen-bond acceptors (Lipinski definition) is 4. The van der Waals surface area contributed by atoms with Crippen LogP contribution in [0.5, 0.6) is 5.88 Å². The molecule has 1 heterocycles. The molecule has 0 aliphatic heterocycles. The highest BCUT2D eigenvalue weighted by Crippen LogP contribution is 2.11. The Bertz CT molecular complexity index is 711. The second-order valence-corrected chi connectivity index (χ2v) is 3.76. The Morgan fingerprint density at radius 1 is 1.26 bits per heavy atom. The van der Waals surface area contributed by atoms with Gasteiger partial charge in [0, 0.05) is 17.8 Å². The van der Waals surface area contributed by atoms with E-state index in [0.29, 0.717) is 11.3 Å². The molecule has 1 aromatic heterocycles. The van der Waals surface area contributed by atoms with Gasteiger partial charge in [0.2, 0.25) is 0 Å². The molecule has 0 fully saturated rings. The van der Waals surface area contributed by atoms with E-state index in [2.05, 4.69) is 10.3 Å². The highest BCUT2D eigenvalue weighted by atomic mass is 16.3. The standard InChI is InChI=1S/C13H9N3O3/c14-7-8-1-3-10(4-2-8)15-13(19)9-5-11(17)16-12(18)6-9/h1-6H,(H,15,19)(H2,16,17,18). The summed E-state index contributed by atoms with van der Waals surface area (Å²) >= 11 is 0. The van der Waals surface area contributed by atoms with E-state index in [9.17, 15) is 14.7 Å². The van der Waals surface area contributed by atoms with Gasteiger partial charge in [-0.1, -0.05) is 0 Å². The maximum Gasteiger partial charge on any atom is 0.256 e. The fourth-order valence-corrected chi connectivity index (χ4v) is 1.49. The van der Waals surface area contributed by atoms with E-state index >= 15 is 0 Å². The molecule has 94 valence electrons. The Balaban J connectivity index is 2.20. The Hall–Kier alpha value is -3.07. The van der Waals surface area contributed by atoms with Gasteiger partial charge in [-0.3, -0.25) is 14.6 Å². The van der Waals surface area contributed by atoms with E-state index in [1.54, 1.807) is 24.3 Å². The van der Waals surface area contributed by atoms with Crippen molar-refractivity contribution in [3.05, 3.63) is 57.9 Å². The fraction of sp³-hybridized carbons (Fsp3) is 0. The number of aromatic hydroxyl groups is 1. The number of aromatic amines is 1. The first-order valence-electron chi connectivity index (χ1n) is 5.33. The van der Waals surface area contributed by atoms with Gasteiger partial charge < -0.3 is 10.4 Å². The molecule has 2 rings (SSSR count). The molecule has 0 spiro atoms. The van der Waals surface area contributed by atoms with Crippen LogP contribution in [0.3, 0.4) is 0 Å². The number of nitriles is 1. The zero-order chi connectivity index (χ0) is 13.8. The molecule has 1 aromatic carbocycles. The summed E-state index contributed by atoms with van der Waals surface area (Å²) in [6.07, 6.45) is 0. The minimum absolute atomic E-state index is 0.0469. The molecule has 1 amide bonds. The van der Waals surface area contributed by atoms with Crippen LogP contribution < -0.4 is 10.9 Å². The molecular weight excluding hydrogens is 246 g/mol. The SMILES string of the molecule is N#Cc1ccc(NC(=O)c2cc(O)[nH]c(=O)c2)cc1. The van der Waals surface area contributed by atoms with Crippen molar-refractivity contribution in [3.8, 4) is 11.9 Å². The molecule has 0 radical (unpaired) electrons. The lowest BCUT2D eigenvalue weighted by Crippen LogP contribution is -2.15. The largest absolute Gasteiger partial charge is 0.494 e. The molecule has 0 aliphatic carbocycles. The van der Waals surface area contributed by atoms with Crippen molar-refractivity contribution in [2.45, 2.75) is 0 Å². The number of carbonyl (C=O) groups excluding carboxylic acids is 1. The van der Waals surface area contributed by atoms with Crippen molar-refractivity contribution in [1.29, 1.82) is 5.26 Å². The summed E-state index contributed by atoms with van der Waals surface area (Å²) < 4.78 is 0. The van der Waals surface area contributed by atoms with Crippen LogP contribution in [0.25, 0.3) is 0 Å². The number of carbonyl (C=O) groups is 1. The topological polar surface area (TPSA) is 106 Å². The van der Waals surface area contributed by atoms with E-state index in [0.717, 1.165) is 12.1 Å². The van der Waals surface area contributed by atoms with Crippen LogP contribution in [-0.4, -0.2) is 16.0 Å². The van der Waals surface area contributed by atoms with Crippen LogP contribution in [0.2, 0.25) is 0 Å². The molecule has 0 saturated heterocycles. The molecule has 0 bridgehead atoms. The predicted octanol–water partition coefficient (Wildman–Crippen LogP) is 1.20. The number of nitrogens with one attached hydrogen (secondary N) is 2. The van der Waals surface area contributed by atoms with Crippen LogP contribution in [0.1, 0.15) is 15.9 Å². The molecular formula is C13H9N3O3. The lowest BCUT2D eigenvalue weighted by molar-refractivity contribution is 0.102. The van der Waals surface area contributed by atoms with Crippen molar-refractivity contribution in [2.24, 2.45) is 0 Å². The van der Waals surface area contributed by atoms with Crippen LogP contribution in [0.4, 0.5) is 5.69 Å². The Kier molecular flexibility index (Phi) is 3.30.